The van der Waals surface area contributed by atoms with Crippen LogP contribution in [0.25, 0.3) is 109 Å². The first-order chi connectivity index (χ1) is 34.4. The van der Waals surface area contributed by atoms with Gasteiger partial charge < -0.3 is 9.32 Å². The summed E-state index contributed by atoms with van der Waals surface area (Å²) in [5.74, 6) is 0. The fourth-order valence-electron chi connectivity index (χ4n) is 11.3. The van der Waals surface area contributed by atoms with Gasteiger partial charge >= 0.3 is 0 Å². The zero-order valence-electron chi connectivity index (χ0n) is 38.8. The predicted molar refractivity (Wildman–Crippen MR) is 298 cm³/mol. The van der Waals surface area contributed by atoms with E-state index >= 15 is 0 Å². The molecule has 3 heteroatoms. The smallest absolute Gasteiger partial charge is 0.145 e. The fraction of sp³-hybridized carbons (Fsp3) is 0.0448. The van der Waals surface area contributed by atoms with Crippen molar-refractivity contribution in [3.8, 4) is 55.6 Å². The first-order valence-electron chi connectivity index (χ1n) is 24.1. The molecule has 2 aromatic heterocycles. The van der Waals surface area contributed by atoms with Crippen molar-refractivity contribution >= 4 is 81.3 Å². The van der Waals surface area contributed by atoms with Crippen LogP contribution in [0, 0.1) is 0 Å². The molecule has 13 aromatic rings. The molecule has 0 saturated carbocycles. The van der Waals surface area contributed by atoms with Crippen molar-refractivity contribution in [2.24, 2.45) is 0 Å². The summed E-state index contributed by atoms with van der Waals surface area (Å²) in [5.41, 5.74) is 19.6. The maximum atomic E-state index is 7.12. The Morgan fingerprint density at radius 3 is 1.77 bits per heavy atom. The lowest BCUT2D eigenvalue weighted by molar-refractivity contribution is 0.660. The predicted octanol–water partition coefficient (Wildman–Crippen LogP) is 19.6. The summed E-state index contributed by atoms with van der Waals surface area (Å²) in [6.07, 6.45) is 0. The molecule has 14 rings (SSSR count). The van der Waals surface area contributed by atoms with Crippen LogP contribution in [-0.2, 0) is 5.41 Å². The monoisotopic (exact) mass is 911 g/mol. The van der Waals surface area contributed by atoms with E-state index in [1.54, 1.807) is 0 Å². The summed E-state index contributed by atoms with van der Waals surface area (Å²) in [6.45, 7) is 4.70. The lowest BCUT2D eigenvalue weighted by atomic mass is 9.81. The molecule has 0 atom stereocenters. The summed E-state index contributed by atoms with van der Waals surface area (Å²) < 4.78 is 9.74. The van der Waals surface area contributed by atoms with Crippen LogP contribution in [0.15, 0.2) is 241 Å². The van der Waals surface area contributed by atoms with Crippen LogP contribution in [0.2, 0.25) is 0 Å². The second-order valence-corrected chi connectivity index (χ2v) is 20.3. The second-order valence-electron chi connectivity index (χ2n) is 19.2. The number of thiophene rings is 1. The van der Waals surface area contributed by atoms with Gasteiger partial charge in [-0.15, -0.1) is 11.3 Å². The number of nitrogens with zero attached hydrogens (tertiary/aromatic N) is 1. The van der Waals surface area contributed by atoms with Crippen molar-refractivity contribution in [2.45, 2.75) is 19.3 Å². The van der Waals surface area contributed by atoms with Gasteiger partial charge in [0.15, 0.2) is 0 Å². The van der Waals surface area contributed by atoms with Crippen LogP contribution >= 0.6 is 11.3 Å². The number of fused-ring (bicyclic) bond motifs is 10. The molecule has 0 N–H and O–H groups in total. The van der Waals surface area contributed by atoms with Crippen LogP contribution in [0.3, 0.4) is 0 Å². The maximum Gasteiger partial charge on any atom is 0.145 e. The van der Waals surface area contributed by atoms with E-state index in [9.17, 15) is 0 Å². The van der Waals surface area contributed by atoms with E-state index < -0.39 is 0 Å². The van der Waals surface area contributed by atoms with E-state index in [1.165, 1.54) is 81.2 Å². The number of hydrogen-bond acceptors (Lipinski definition) is 3. The molecule has 330 valence electrons. The molecule has 11 aromatic carbocycles. The van der Waals surface area contributed by atoms with Crippen LogP contribution in [0.1, 0.15) is 25.0 Å². The topological polar surface area (TPSA) is 16.4 Å². The minimum atomic E-state index is -0.0780. The molecule has 0 fully saturated rings. The molecule has 1 aliphatic carbocycles. The summed E-state index contributed by atoms with van der Waals surface area (Å²) >= 11 is 1.87. The first-order valence-corrected chi connectivity index (χ1v) is 25.0. The van der Waals surface area contributed by atoms with E-state index in [0.717, 1.165) is 55.5 Å². The molecule has 70 heavy (non-hydrogen) atoms. The van der Waals surface area contributed by atoms with E-state index in [1.807, 2.05) is 11.3 Å². The molecular formula is C67H45NOS. The van der Waals surface area contributed by atoms with Gasteiger partial charge in [-0.25, -0.2) is 0 Å². The molecule has 0 unspecified atom stereocenters. The summed E-state index contributed by atoms with van der Waals surface area (Å²) in [7, 11) is 0. The van der Waals surface area contributed by atoms with Gasteiger partial charge in [0.05, 0.1) is 5.69 Å². The van der Waals surface area contributed by atoms with Gasteiger partial charge in [0.25, 0.3) is 0 Å². The summed E-state index contributed by atoms with van der Waals surface area (Å²) in [4.78, 5) is 2.41. The maximum absolute atomic E-state index is 7.12. The Kier molecular flexibility index (Phi) is 9.14. The highest BCUT2D eigenvalue weighted by Gasteiger charge is 2.35. The van der Waals surface area contributed by atoms with Crippen molar-refractivity contribution in [1.82, 2.24) is 0 Å². The van der Waals surface area contributed by atoms with Gasteiger partial charge in [0.1, 0.15) is 11.2 Å². The van der Waals surface area contributed by atoms with Crippen LogP contribution < -0.4 is 4.90 Å². The van der Waals surface area contributed by atoms with Gasteiger partial charge in [-0.1, -0.05) is 190 Å². The van der Waals surface area contributed by atoms with Gasteiger partial charge in [-0.3, -0.25) is 0 Å². The number of rotatable bonds is 7. The average Bonchev–Trinajstić information content (AvgIpc) is 4.05. The third-order valence-corrected chi connectivity index (χ3v) is 16.1. The highest BCUT2D eigenvalue weighted by Crippen LogP contribution is 2.51. The zero-order chi connectivity index (χ0) is 46.5. The highest BCUT2D eigenvalue weighted by molar-refractivity contribution is 7.26. The molecule has 0 aliphatic heterocycles. The summed E-state index contributed by atoms with van der Waals surface area (Å²) in [6, 6.07) is 86.8. The second kappa shape index (κ2) is 15.8. The largest absolute Gasteiger partial charge is 0.455 e. The average molecular weight is 912 g/mol. The molecular weight excluding hydrogens is 867 g/mol. The molecule has 0 saturated heterocycles. The van der Waals surface area contributed by atoms with E-state index in [4.69, 9.17) is 4.42 Å². The normalized spacial score (nSPS) is 12.8. The van der Waals surface area contributed by atoms with E-state index in [2.05, 4.69) is 255 Å². The molecule has 0 spiro atoms. The van der Waals surface area contributed by atoms with Crippen molar-refractivity contribution in [3.05, 3.63) is 248 Å². The number of furan rings is 1. The lowest BCUT2D eigenvalue weighted by Crippen LogP contribution is -2.14. The van der Waals surface area contributed by atoms with E-state index in [-0.39, 0.29) is 5.41 Å². The number of anilines is 3. The summed E-state index contributed by atoms with van der Waals surface area (Å²) in [5, 5.41) is 7.17. The Bertz CT molecular complexity index is 4180. The Hall–Kier alpha value is -8.50. The number of hydrogen-bond donors (Lipinski definition) is 0. The third kappa shape index (κ3) is 6.39. The minimum absolute atomic E-state index is 0.0780. The molecule has 0 amide bonds. The van der Waals surface area contributed by atoms with Gasteiger partial charge in [0, 0.05) is 53.3 Å². The Morgan fingerprint density at radius 2 is 0.971 bits per heavy atom. The SMILES string of the molecule is CC1(C)c2ccccc2-c2ccc(-c3ccc(-c4c(N(c5ccc(-c6ccccc6)cc5)c5ccc(-c6cccc7c6sc6ccccc67)cc5)ccc5c4oc4cc6ccccc6cc45)cc3)cc21. The third-order valence-electron chi connectivity index (χ3n) is 14.9. The number of benzene rings is 11. The van der Waals surface area contributed by atoms with Crippen molar-refractivity contribution in [1.29, 1.82) is 0 Å². The van der Waals surface area contributed by atoms with Gasteiger partial charge in [-0.2, -0.15) is 0 Å². The van der Waals surface area contributed by atoms with Crippen LogP contribution in [0.5, 0.6) is 0 Å². The van der Waals surface area contributed by atoms with Crippen molar-refractivity contribution < 1.29 is 4.42 Å². The van der Waals surface area contributed by atoms with Gasteiger partial charge in [0.2, 0.25) is 0 Å². The van der Waals surface area contributed by atoms with Crippen molar-refractivity contribution in [3.63, 3.8) is 0 Å². The zero-order valence-corrected chi connectivity index (χ0v) is 39.6. The molecule has 0 bridgehead atoms. The standard InChI is InChI=1S/C67H45NOS/c1-67(2)59-21-10-8-17-53(59)54-36-31-49(40-60(54)67)44-23-25-46(26-24-44)64-61(38-37-56-58-39-47-15-6-7-16-48(47)41-62(58)69-65(56)64)68(50-32-27-43(28-33-50)42-13-4-3-5-14-42)51-34-29-45(30-35-51)52-19-12-20-57-55-18-9-11-22-63(55)70-66(52)57/h3-41H,1-2H3. The lowest BCUT2D eigenvalue weighted by Gasteiger charge is -2.28. The first kappa shape index (κ1) is 40.6. The molecule has 2 heterocycles. The van der Waals surface area contributed by atoms with Gasteiger partial charge in [-0.05, 0) is 133 Å². The Labute approximate surface area is 411 Å². The fourth-order valence-corrected chi connectivity index (χ4v) is 12.6. The Morgan fingerprint density at radius 1 is 0.386 bits per heavy atom. The van der Waals surface area contributed by atoms with Crippen LogP contribution in [0.4, 0.5) is 17.1 Å². The minimum Gasteiger partial charge on any atom is -0.455 e. The Balaban J connectivity index is 0.951. The molecule has 2 nitrogen and oxygen atoms in total. The molecule has 1 aliphatic rings. The van der Waals surface area contributed by atoms with Crippen LogP contribution in [-0.4, -0.2) is 0 Å². The molecule has 0 radical (unpaired) electrons. The quantitative estimate of drug-likeness (QED) is 0.158. The van der Waals surface area contributed by atoms with E-state index in [0.29, 0.717) is 0 Å². The van der Waals surface area contributed by atoms with Crippen molar-refractivity contribution in [2.75, 3.05) is 4.90 Å². The highest BCUT2D eigenvalue weighted by atomic mass is 32.1.